The molecule has 4 unspecified atom stereocenters. The minimum atomic E-state index is 0.605. The molecule has 0 N–H and O–H groups in total. The van der Waals surface area contributed by atoms with Crippen molar-refractivity contribution in [3.05, 3.63) is 0 Å². The van der Waals surface area contributed by atoms with Crippen LogP contribution in [0.2, 0.25) is 0 Å². The topological polar surface area (TPSA) is 0 Å². The van der Waals surface area contributed by atoms with E-state index in [0.29, 0.717) is 10.8 Å². The van der Waals surface area contributed by atoms with E-state index in [9.17, 15) is 0 Å². The maximum absolute atomic E-state index is 2.60. The molecule has 3 aliphatic carbocycles. The molecule has 4 atom stereocenters. The Bertz CT molecular complexity index is 428. The summed E-state index contributed by atoms with van der Waals surface area (Å²) < 4.78 is 0. The molecule has 3 aliphatic rings. The molecule has 3 fully saturated rings. The van der Waals surface area contributed by atoms with E-state index in [1.807, 2.05) is 0 Å². The summed E-state index contributed by atoms with van der Waals surface area (Å²) in [4.78, 5) is 0. The van der Waals surface area contributed by atoms with Crippen molar-refractivity contribution in [2.24, 2.45) is 58.2 Å². The standard InChI is InChI=1S/C19H36.C12H24/c1-14-7-15(2)10-19(6)12-17(4)8-16(3)11-18(5,9-14)13-19;1-9-5-10(2)7-12(4)8-11(3)6-9/h14-17H,7-13H2,1-6H3;9-12H,5-8H2,1-4H3. The van der Waals surface area contributed by atoms with Crippen LogP contribution in [0.5, 0.6) is 0 Å². The zero-order valence-corrected chi connectivity index (χ0v) is 23.4. The van der Waals surface area contributed by atoms with Crippen LogP contribution in [0.4, 0.5) is 0 Å². The first-order valence-corrected chi connectivity index (χ1v) is 14.3. The molecule has 2 bridgehead atoms. The van der Waals surface area contributed by atoms with Crippen LogP contribution in [0, 0.1) is 58.2 Å². The van der Waals surface area contributed by atoms with Crippen molar-refractivity contribution in [1.82, 2.24) is 0 Å². The molecule has 0 aromatic rings. The second kappa shape index (κ2) is 11.4. The van der Waals surface area contributed by atoms with Gasteiger partial charge in [-0.2, -0.15) is 0 Å². The van der Waals surface area contributed by atoms with E-state index in [1.54, 1.807) is 0 Å². The van der Waals surface area contributed by atoms with E-state index in [0.717, 1.165) is 47.3 Å². The highest BCUT2D eigenvalue weighted by Crippen LogP contribution is 2.54. The Kier molecular flexibility index (Phi) is 10.0. The van der Waals surface area contributed by atoms with Gasteiger partial charge in [0.05, 0.1) is 0 Å². The largest absolute Gasteiger partial charge is 0.0625 e. The molecule has 0 aromatic heterocycles. The van der Waals surface area contributed by atoms with Gasteiger partial charge in [-0.15, -0.1) is 0 Å². The number of hydrogen-bond acceptors (Lipinski definition) is 0. The molecule has 0 radical (unpaired) electrons. The van der Waals surface area contributed by atoms with E-state index < -0.39 is 0 Å². The van der Waals surface area contributed by atoms with E-state index in [1.165, 1.54) is 70.6 Å². The fraction of sp³-hybridized carbons (Fsp3) is 1.00. The van der Waals surface area contributed by atoms with Crippen molar-refractivity contribution in [2.45, 2.75) is 140 Å². The van der Waals surface area contributed by atoms with E-state index >= 15 is 0 Å². The van der Waals surface area contributed by atoms with Crippen molar-refractivity contribution >= 4 is 0 Å². The van der Waals surface area contributed by atoms with Gasteiger partial charge in [-0.3, -0.25) is 0 Å². The summed E-state index contributed by atoms with van der Waals surface area (Å²) in [6.07, 6.45) is 16.0. The van der Waals surface area contributed by atoms with Gasteiger partial charge >= 0.3 is 0 Å². The minimum absolute atomic E-state index is 0.605. The Morgan fingerprint density at radius 3 is 0.774 bits per heavy atom. The summed E-state index contributed by atoms with van der Waals surface area (Å²) in [6, 6.07) is 0. The summed E-state index contributed by atoms with van der Waals surface area (Å²) >= 11 is 0. The summed E-state index contributed by atoms with van der Waals surface area (Å²) in [5.74, 6) is 7.54. The molecular formula is C31H60. The Hall–Kier alpha value is 0. The van der Waals surface area contributed by atoms with Crippen LogP contribution in [0.25, 0.3) is 0 Å². The highest BCUT2D eigenvalue weighted by atomic mass is 14.5. The maximum atomic E-state index is 2.60. The van der Waals surface area contributed by atoms with Gasteiger partial charge in [-0.25, -0.2) is 0 Å². The molecule has 0 heteroatoms. The van der Waals surface area contributed by atoms with E-state index in [-0.39, 0.29) is 0 Å². The van der Waals surface area contributed by atoms with Crippen LogP contribution in [0.1, 0.15) is 140 Å². The lowest BCUT2D eigenvalue weighted by Crippen LogP contribution is -2.38. The number of hydrogen-bond donors (Lipinski definition) is 0. The van der Waals surface area contributed by atoms with Crippen molar-refractivity contribution in [2.75, 3.05) is 0 Å². The fourth-order valence-electron chi connectivity index (χ4n) is 9.69. The molecular weight excluding hydrogens is 372 g/mol. The first-order chi connectivity index (χ1) is 14.3. The molecule has 3 rings (SSSR count). The zero-order chi connectivity index (χ0) is 23.4. The van der Waals surface area contributed by atoms with Gasteiger partial charge in [0.2, 0.25) is 0 Å². The van der Waals surface area contributed by atoms with Crippen LogP contribution >= 0.6 is 0 Å². The molecule has 0 amide bonds. The Morgan fingerprint density at radius 2 is 0.548 bits per heavy atom. The van der Waals surface area contributed by atoms with Crippen molar-refractivity contribution in [3.63, 3.8) is 0 Å². The van der Waals surface area contributed by atoms with Gasteiger partial charge in [-0.1, -0.05) is 69.2 Å². The SMILES string of the molecule is CC1CC(C)CC(C)CC(C)C1.CC1CC(C)CC2(C)CC(C)CC(C)CC(C)(C1)C2. The van der Waals surface area contributed by atoms with Gasteiger partial charge in [0, 0.05) is 0 Å². The van der Waals surface area contributed by atoms with E-state index in [2.05, 4.69) is 69.2 Å². The monoisotopic (exact) mass is 432 g/mol. The van der Waals surface area contributed by atoms with Crippen LogP contribution in [0.15, 0.2) is 0 Å². The third-order valence-corrected chi connectivity index (χ3v) is 9.05. The molecule has 0 aliphatic heterocycles. The minimum Gasteiger partial charge on any atom is -0.0625 e. The summed E-state index contributed by atoms with van der Waals surface area (Å²) in [5, 5.41) is 0. The van der Waals surface area contributed by atoms with Crippen LogP contribution in [0.3, 0.4) is 0 Å². The fourth-order valence-corrected chi connectivity index (χ4v) is 9.69. The van der Waals surface area contributed by atoms with Crippen LogP contribution in [-0.4, -0.2) is 0 Å². The summed E-state index contributed by atoms with van der Waals surface area (Å²) in [5.41, 5.74) is 1.21. The second-order valence-corrected chi connectivity index (χ2v) is 14.9. The van der Waals surface area contributed by atoms with Crippen molar-refractivity contribution in [3.8, 4) is 0 Å². The summed E-state index contributed by atoms with van der Waals surface area (Å²) in [6.45, 7) is 24.9. The molecule has 0 aromatic carbocycles. The van der Waals surface area contributed by atoms with Crippen LogP contribution < -0.4 is 0 Å². The quantitative estimate of drug-likeness (QED) is 0.357. The molecule has 0 spiro atoms. The predicted molar refractivity (Wildman–Crippen MR) is 140 cm³/mol. The lowest BCUT2D eigenvalue weighted by molar-refractivity contribution is 0.0202. The normalized spacial score (nSPS) is 49.7. The maximum Gasteiger partial charge on any atom is -0.0316 e. The molecule has 31 heavy (non-hydrogen) atoms. The lowest BCUT2D eigenvalue weighted by Gasteiger charge is -2.49. The molecule has 3 saturated carbocycles. The number of fused-ring (bicyclic) bond motifs is 2. The van der Waals surface area contributed by atoms with E-state index in [4.69, 9.17) is 0 Å². The highest BCUT2D eigenvalue weighted by Gasteiger charge is 2.42. The third kappa shape index (κ3) is 9.41. The van der Waals surface area contributed by atoms with Gasteiger partial charge in [0.25, 0.3) is 0 Å². The van der Waals surface area contributed by atoms with Crippen molar-refractivity contribution < 1.29 is 0 Å². The Labute approximate surface area is 198 Å². The zero-order valence-electron chi connectivity index (χ0n) is 23.4. The molecule has 0 nitrogen and oxygen atoms in total. The average Bonchev–Trinajstić information content (AvgIpc) is 2.48. The Balaban J connectivity index is 0.000000245. The van der Waals surface area contributed by atoms with Gasteiger partial charge in [-0.05, 0) is 129 Å². The smallest absolute Gasteiger partial charge is 0.0316 e. The molecule has 184 valence electrons. The summed E-state index contributed by atoms with van der Waals surface area (Å²) in [7, 11) is 0. The average molecular weight is 433 g/mol. The van der Waals surface area contributed by atoms with Gasteiger partial charge in [0.1, 0.15) is 0 Å². The predicted octanol–water partition coefficient (Wildman–Crippen LogP) is 10.4. The highest BCUT2D eigenvalue weighted by molar-refractivity contribution is 4.93. The van der Waals surface area contributed by atoms with Gasteiger partial charge in [0.15, 0.2) is 0 Å². The molecule has 0 heterocycles. The third-order valence-electron chi connectivity index (χ3n) is 9.05. The first kappa shape index (κ1) is 27.2. The van der Waals surface area contributed by atoms with Crippen molar-refractivity contribution in [1.29, 1.82) is 0 Å². The van der Waals surface area contributed by atoms with Gasteiger partial charge < -0.3 is 0 Å². The van der Waals surface area contributed by atoms with Crippen LogP contribution in [-0.2, 0) is 0 Å². The lowest BCUT2D eigenvalue weighted by atomic mass is 9.56. The second-order valence-electron chi connectivity index (χ2n) is 14.9. The Morgan fingerprint density at radius 1 is 0.355 bits per heavy atom. The number of rotatable bonds is 0. The first-order valence-electron chi connectivity index (χ1n) is 14.3. The molecule has 0 saturated heterocycles.